The number of aromatic nitrogens is 2. The summed E-state index contributed by atoms with van der Waals surface area (Å²) < 4.78 is 10.7. The Labute approximate surface area is 106 Å². The fraction of sp³-hybridized carbons (Fsp3) is 0.385. The van der Waals surface area contributed by atoms with Crippen molar-refractivity contribution in [3.8, 4) is 17.2 Å². The molecular weight excluding hydrogens is 230 g/mol. The average molecular weight is 247 g/mol. The summed E-state index contributed by atoms with van der Waals surface area (Å²) in [5, 5.41) is 3.83. The van der Waals surface area contributed by atoms with Crippen LogP contribution in [0, 0.1) is 0 Å². The van der Waals surface area contributed by atoms with E-state index >= 15 is 0 Å². The van der Waals surface area contributed by atoms with Crippen LogP contribution < -0.4 is 10.5 Å². The second-order valence-electron chi connectivity index (χ2n) is 4.12. The molecule has 0 saturated carbocycles. The van der Waals surface area contributed by atoms with Gasteiger partial charge in [0.15, 0.2) is 5.82 Å². The third-order valence-electron chi connectivity index (χ3n) is 2.40. The molecule has 0 aliphatic heterocycles. The highest BCUT2D eigenvalue weighted by Crippen LogP contribution is 2.23. The zero-order valence-electron chi connectivity index (χ0n) is 10.6. The molecule has 18 heavy (non-hydrogen) atoms. The fourth-order valence-electron chi connectivity index (χ4n) is 1.48. The summed E-state index contributed by atoms with van der Waals surface area (Å²) in [6.45, 7) is 4.57. The average Bonchev–Trinajstić information content (AvgIpc) is 2.86. The third-order valence-corrected chi connectivity index (χ3v) is 2.40. The molecule has 1 aromatic carbocycles. The highest BCUT2D eigenvalue weighted by molar-refractivity contribution is 5.55. The predicted octanol–water partition coefficient (Wildman–Crippen LogP) is 2.55. The lowest BCUT2D eigenvalue weighted by Crippen LogP contribution is -2.06. The molecule has 0 spiro atoms. The predicted molar refractivity (Wildman–Crippen MR) is 68.1 cm³/mol. The Balaban J connectivity index is 2.21. The lowest BCUT2D eigenvalue weighted by Gasteiger charge is -2.04. The molecule has 0 aliphatic carbocycles. The maximum atomic E-state index is 5.69. The highest BCUT2D eigenvalue weighted by atomic mass is 16.5. The molecule has 1 atom stereocenters. The molecule has 1 unspecified atom stereocenters. The molecule has 1 heterocycles. The van der Waals surface area contributed by atoms with E-state index in [-0.39, 0.29) is 6.04 Å². The van der Waals surface area contributed by atoms with Gasteiger partial charge in [0, 0.05) is 5.56 Å². The quantitative estimate of drug-likeness (QED) is 0.878. The Morgan fingerprint density at radius 3 is 2.94 bits per heavy atom. The molecule has 0 saturated heterocycles. The molecule has 0 radical (unpaired) electrons. The zero-order chi connectivity index (χ0) is 13.0. The number of hydrogen-bond acceptors (Lipinski definition) is 5. The van der Waals surface area contributed by atoms with Gasteiger partial charge in [-0.25, -0.2) is 0 Å². The van der Waals surface area contributed by atoms with E-state index in [9.17, 15) is 0 Å². The number of nitrogens with two attached hydrogens (primary N) is 1. The van der Waals surface area contributed by atoms with Crippen LogP contribution in [0.15, 0.2) is 28.8 Å². The second-order valence-corrected chi connectivity index (χ2v) is 4.12. The Morgan fingerprint density at radius 1 is 1.44 bits per heavy atom. The molecule has 1 aromatic heterocycles. The van der Waals surface area contributed by atoms with Gasteiger partial charge in [0.2, 0.25) is 0 Å². The van der Waals surface area contributed by atoms with E-state index in [4.69, 9.17) is 15.0 Å². The van der Waals surface area contributed by atoms with Crippen molar-refractivity contribution in [2.45, 2.75) is 26.3 Å². The lowest BCUT2D eigenvalue weighted by atomic mass is 10.2. The van der Waals surface area contributed by atoms with E-state index in [0.717, 1.165) is 17.7 Å². The van der Waals surface area contributed by atoms with Gasteiger partial charge in [0.25, 0.3) is 5.89 Å². The second kappa shape index (κ2) is 5.64. The van der Waals surface area contributed by atoms with Crippen molar-refractivity contribution in [1.82, 2.24) is 10.1 Å². The summed E-state index contributed by atoms with van der Waals surface area (Å²) in [5.74, 6) is 1.77. The van der Waals surface area contributed by atoms with Crippen molar-refractivity contribution in [2.24, 2.45) is 5.73 Å². The first-order valence-electron chi connectivity index (χ1n) is 6.03. The topological polar surface area (TPSA) is 74.2 Å². The Hall–Kier alpha value is -1.88. The number of benzene rings is 1. The minimum Gasteiger partial charge on any atom is -0.494 e. The summed E-state index contributed by atoms with van der Waals surface area (Å²) in [5.41, 5.74) is 6.53. The van der Waals surface area contributed by atoms with Gasteiger partial charge >= 0.3 is 0 Å². The zero-order valence-corrected chi connectivity index (χ0v) is 10.6. The Morgan fingerprint density at radius 2 is 2.28 bits per heavy atom. The van der Waals surface area contributed by atoms with Gasteiger partial charge in [-0.1, -0.05) is 18.1 Å². The standard InChI is InChI=1S/C13H17N3O2/c1-3-7-17-11-6-4-5-10(8-11)13-15-12(9(2)14)16-18-13/h4-6,8-9H,3,7,14H2,1-2H3. The van der Waals surface area contributed by atoms with Gasteiger partial charge in [0.1, 0.15) is 5.75 Å². The maximum absolute atomic E-state index is 5.69. The minimum absolute atomic E-state index is 0.234. The first-order valence-corrected chi connectivity index (χ1v) is 6.03. The molecule has 2 aromatic rings. The van der Waals surface area contributed by atoms with E-state index < -0.39 is 0 Å². The van der Waals surface area contributed by atoms with Crippen molar-refractivity contribution >= 4 is 0 Å². The smallest absolute Gasteiger partial charge is 0.258 e. The van der Waals surface area contributed by atoms with Crippen molar-refractivity contribution in [2.75, 3.05) is 6.61 Å². The van der Waals surface area contributed by atoms with Crippen LogP contribution in [0.1, 0.15) is 32.1 Å². The molecule has 5 nitrogen and oxygen atoms in total. The molecule has 0 aliphatic rings. The Kier molecular flexibility index (Phi) is 3.94. The normalized spacial score (nSPS) is 12.4. The van der Waals surface area contributed by atoms with Crippen molar-refractivity contribution < 1.29 is 9.26 Å². The third kappa shape index (κ3) is 2.87. The molecule has 96 valence electrons. The summed E-state index contributed by atoms with van der Waals surface area (Å²) >= 11 is 0. The van der Waals surface area contributed by atoms with Crippen molar-refractivity contribution in [1.29, 1.82) is 0 Å². The molecule has 0 fully saturated rings. The van der Waals surface area contributed by atoms with Crippen molar-refractivity contribution in [3.63, 3.8) is 0 Å². The van der Waals surface area contributed by atoms with Crippen molar-refractivity contribution in [3.05, 3.63) is 30.1 Å². The Bertz CT molecular complexity index is 508. The molecule has 2 N–H and O–H groups in total. The van der Waals surface area contributed by atoms with Crippen LogP contribution in [0.3, 0.4) is 0 Å². The minimum atomic E-state index is -0.234. The SMILES string of the molecule is CCCOc1cccc(-c2nc(C(C)N)no2)c1. The van der Waals surface area contributed by atoms with Crippen LogP contribution in [0.4, 0.5) is 0 Å². The van der Waals surface area contributed by atoms with Gasteiger partial charge in [0.05, 0.1) is 12.6 Å². The molecule has 5 heteroatoms. The summed E-state index contributed by atoms with van der Waals surface area (Å²) in [6, 6.07) is 7.35. The summed E-state index contributed by atoms with van der Waals surface area (Å²) in [6.07, 6.45) is 0.972. The number of ether oxygens (including phenoxy) is 1. The summed E-state index contributed by atoms with van der Waals surface area (Å²) in [7, 11) is 0. The van der Waals surface area contributed by atoms with Gasteiger partial charge in [-0.3, -0.25) is 0 Å². The van der Waals surface area contributed by atoms with Crippen LogP contribution in [-0.2, 0) is 0 Å². The van der Waals surface area contributed by atoms with E-state index in [0.29, 0.717) is 18.3 Å². The molecule has 2 rings (SSSR count). The maximum Gasteiger partial charge on any atom is 0.258 e. The van der Waals surface area contributed by atoms with Crippen LogP contribution in [0.2, 0.25) is 0 Å². The van der Waals surface area contributed by atoms with E-state index in [1.54, 1.807) is 0 Å². The van der Waals surface area contributed by atoms with Gasteiger partial charge in [-0.15, -0.1) is 0 Å². The van der Waals surface area contributed by atoms with Crippen LogP contribution in [0.25, 0.3) is 11.5 Å². The number of hydrogen-bond donors (Lipinski definition) is 1. The number of nitrogens with zero attached hydrogens (tertiary/aromatic N) is 2. The first kappa shape index (κ1) is 12.6. The van der Waals surface area contributed by atoms with E-state index in [1.807, 2.05) is 31.2 Å². The van der Waals surface area contributed by atoms with Crippen LogP contribution >= 0.6 is 0 Å². The van der Waals surface area contributed by atoms with Crippen LogP contribution in [0.5, 0.6) is 5.75 Å². The largest absolute Gasteiger partial charge is 0.494 e. The fourth-order valence-corrected chi connectivity index (χ4v) is 1.48. The van der Waals surface area contributed by atoms with Gasteiger partial charge in [-0.05, 0) is 31.5 Å². The van der Waals surface area contributed by atoms with Gasteiger partial charge in [-0.2, -0.15) is 4.98 Å². The van der Waals surface area contributed by atoms with Crippen LogP contribution in [-0.4, -0.2) is 16.7 Å². The highest BCUT2D eigenvalue weighted by Gasteiger charge is 2.12. The molecule has 0 bridgehead atoms. The molecular formula is C13H17N3O2. The van der Waals surface area contributed by atoms with E-state index in [2.05, 4.69) is 17.1 Å². The lowest BCUT2D eigenvalue weighted by molar-refractivity contribution is 0.317. The van der Waals surface area contributed by atoms with Gasteiger partial charge < -0.3 is 15.0 Å². The number of rotatable bonds is 5. The molecule has 0 amide bonds. The van der Waals surface area contributed by atoms with E-state index in [1.165, 1.54) is 0 Å². The first-order chi connectivity index (χ1) is 8.70. The monoisotopic (exact) mass is 247 g/mol. The summed E-state index contributed by atoms with van der Waals surface area (Å²) in [4.78, 5) is 4.24.